The van der Waals surface area contributed by atoms with Crippen molar-refractivity contribution in [3.05, 3.63) is 46.5 Å². The van der Waals surface area contributed by atoms with Crippen molar-refractivity contribution >= 4 is 0 Å². The molecule has 0 amide bonds. The molecule has 27 heavy (non-hydrogen) atoms. The third-order valence-electron chi connectivity index (χ3n) is 6.16. The number of nitrogens with zero attached hydrogens (tertiary/aromatic N) is 1. The van der Waals surface area contributed by atoms with E-state index in [1.807, 2.05) is 6.92 Å². The van der Waals surface area contributed by atoms with E-state index >= 15 is 0 Å². The minimum absolute atomic E-state index is 0.249. The normalized spacial score (nSPS) is 17.8. The molecule has 0 aromatic heterocycles. The van der Waals surface area contributed by atoms with Gasteiger partial charge in [-0.1, -0.05) is 71.7 Å². The Morgan fingerprint density at radius 2 is 1.67 bits per heavy atom. The van der Waals surface area contributed by atoms with Crippen molar-refractivity contribution < 1.29 is 4.84 Å². The van der Waals surface area contributed by atoms with E-state index in [2.05, 4.69) is 65.3 Å². The summed E-state index contributed by atoms with van der Waals surface area (Å²) in [7, 11) is 0. The number of unbranched alkanes of at least 4 members (excludes halogenated alkanes) is 2. The third kappa shape index (κ3) is 5.68. The average molecular weight is 372 g/mol. The van der Waals surface area contributed by atoms with Crippen molar-refractivity contribution in [2.24, 2.45) is 0 Å². The maximum Gasteiger partial charge on any atom is 0.0890 e. The molecule has 0 N–H and O–H groups in total. The van der Waals surface area contributed by atoms with Crippen LogP contribution in [0.1, 0.15) is 95.9 Å². The van der Waals surface area contributed by atoms with Gasteiger partial charge in [0, 0.05) is 13.1 Å². The van der Waals surface area contributed by atoms with Crippen LogP contribution in [0.3, 0.4) is 0 Å². The summed E-state index contributed by atoms with van der Waals surface area (Å²) in [5, 5.41) is 2.15. The molecule has 0 saturated heterocycles. The molecule has 0 unspecified atom stereocenters. The molecule has 0 saturated carbocycles. The van der Waals surface area contributed by atoms with Gasteiger partial charge in [-0.25, -0.2) is 0 Å². The quantitative estimate of drug-likeness (QED) is 0.267. The first kappa shape index (κ1) is 22.2. The Morgan fingerprint density at radius 1 is 1.07 bits per heavy atom. The average Bonchev–Trinajstić information content (AvgIpc) is 2.58. The van der Waals surface area contributed by atoms with Crippen LogP contribution < -0.4 is 0 Å². The molecule has 2 nitrogen and oxygen atoms in total. The summed E-state index contributed by atoms with van der Waals surface area (Å²) >= 11 is 0. The van der Waals surface area contributed by atoms with Crippen molar-refractivity contribution in [1.29, 1.82) is 0 Å². The van der Waals surface area contributed by atoms with Crippen LogP contribution in [0.25, 0.3) is 0 Å². The van der Waals surface area contributed by atoms with Crippen molar-refractivity contribution in [2.45, 2.75) is 97.9 Å². The Morgan fingerprint density at radius 3 is 2.22 bits per heavy atom. The van der Waals surface area contributed by atoms with Crippen LogP contribution in [-0.4, -0.2) is 18.2 Å². The Bertz CT molecular complexity index is 657. The SMILES string of the molecule is C=C(C)CON(CCCCC)Cc1cc2c(cc1C)C(C)(C)CCC2(C)C. The molecule has 0 atom stereocenters. The molecule has 2 rings (SSSR count). The minimum atomic E-state index is 0.249. The molecular weight excluding hydrogens is 330 g/mol. The Labute approximate surface area is 167 Å². The number of rotatable bonds is 9. The van der Waals surface area contributed by atoms with E-state index in [0.717, 1.165) is 18.7 Å². The molecule has 1 aromatic rings. The summed E-state index contributed by atoms with van der Waals surface area (Å²) < 4.78 is 0. The van der Waals surface area contributed by atoms with E-state index < -0.39 is 0 Å². The Balaban J connectivity index is 2.29. The fourth-order valence-electron chi connectivity index (χ4n) is 4.06. The van der Waals surface area contributed by atoms with Gasteiger partial charge in [-0.15, -0.1) is 0 Å². The van der Waals surface area contributed by atoms with Gasteiger partial charge in [-0.05, 0) is 66.2 Å². The molecule has 0 fully saturated rings. The zero-order valence-electron chi connectivity index (χ0n) is 18.9. The van der Waals surface area contributed by atoms with Gasteiger partial charge in [0.05, 0.1) is 6.61 Å². The summed E-state index contributed by atoms with van der Waals surface area (Å²) in [4.78, 5) is 6.08. The van der Waals surface area contributed by atoms with E-state index in [1.165, 1.54) is 48.8 Å². The number of fused-ring (bicyclic) bond motifs is 1. The molecule has 1 aliphatic rings. The highest BCUT2D eigenvalue weighted by Crippen LogP contribution is 2.46. The van der Waals surface area contributed by atoms with Gasteiger partial charge in [0.25, 0.3) is 0 Å². The molecule has 0 aliphatic heterocycles. The minimum Gasteiger partial charge on any atom is -0.294 e. The van der Waals surface area contributed by atoms with Gasteiger partial charge in [0.15, 0.2) is 0 Å². The van der Waals surface area contributed by atoms with Crippen LogP contribution in [0.2, 0.25) is 0 Å². The molecule has 0 radical (unpaired) electrons. The molecule has 152 valence electrons. The largest absolute Gasteiger partial charge is 0.294 e. The molecule has 1 aliphatic carbocycles. The Kier molecular flexibility index (Phi) is 7.33. The Hall–Kier alpha value is -1.12. The lowest BCUT2D eigenvalue weighted by Gasteiger charge is -2.42. The van der Waals surface area contributed by atoms with Gasteiger partial charge in [0.2, 0.25) is 0 Å². The third-order valence-corrected chi connectivity index (χ3v) is 6.16. The zero-order chi connectivity index (χ0) is 20.2. The smallest absolute Gasteiger partial charge is 0.0890 e. The van der Waals surface area contributed by atoms with E-state index in [0.29, 0.717) is 6.61 Å². The predicted octanol–water partition coefficient (Wildman–Crippen LogP) is 6.84. The maximum atomic E-state index is 6.08. The summed E-state index contributed by atoms with van der Waals surface area (Å²) in [6, 6.07) is 4.93. The topological polar surface area (TPSA) is 12.5 Å². The first-order valence-electron chi connectivity index (χ1n) is 10.7. The van der Waals surface area contributed by atoms with E-state index in [4.69, 9.17) is 4.84 Å². The van der Waals surface area contributed by atoms with Crippen molar-refractivity contribution in [3.8, 4) is 0 Å². The molecule has 0 spiro atoms. The van der Waals surface area contributed by atoms with Crippen LogP contribution >= 0.6 is 0 Å². The van der Waals surface area contributed by atoms with Crippen molar-refractivity contribution in [1.82, 2.24) is 5.06 Å². The lowest BCUT2D eigenvalue weighted by molar-refractivity contribution is -0.158. The second-order valence-corrected chi connectivity index (χ2v) is 9.89. The highest BCUT2D eigenvalue weighted by molar-refractivity contribution is 5.46. The van der Waals surface area contributed by atoms with Crippen molar-refractivity contribution in [3.63, 3.8) is 0 Å². The predicted molar refractivity (Wildman–Crippen MR) is 117 cm³/mol. The maximum absolute atomic E-state index is 6.08. The first-order valence-corrected chi connectivity index (χ1v) is 10.7. The molecule has 0 heterocycles. The molecule has 2 heteroatoms. The molecular formula is C25H41NO. The van der Waals surface area contributed by atoms with E-state index in [1.54, 1.807) is 5.56 Å². The van der Waals surface area contributed by atoms with Gasteiger partial charge < -0.3 is 0 Å². The van der Waals surface area contributed by atoms with Crippen molar-refractivity contribution in [2.75, 3.05) is 13.2 Å². The lowest BCUT2D eigenvalue weighted by atomic mass is 9.62. The first-order chi connectivity index (χ1) is 12.6. The summed E-state index contributed by atoms with van der Waals surface area (Å²) in [6.45, 7) is 22.6. The standard InChI is InChI=1S/C25H41NO/c1-9-10-11-14-26(27-18-19(2)3)17-21-16-23-22(15-20(21)4)24(5,6)12-13-25(23,7)8/h15-16H,2,9-14,17-18H2,1,3-8H3. The van der Waals surface area contributed by atoms with Crippen LogP contribution in [-0.2, 0) is 22.2 Å². The van der Waals surface area contributed by atoms with Gasteiger partial charge in [0.1, 0.15) is 0 Å². The highest BCUT2D eigenvalue weighted by Gasteiger charge is 2.37. The number of hydrogen-bond acceptors (Lipinski definition) is 2. The van der Waals surface area contributed by atoms with Crippen LogP contribution in [0.15, 0.2) is 24.3 Å². The summed E-state index contributed by atoms with van der Waals surface area (Å²) in [5.74, 6) is 0. The van der Waals surface area contributed by atoms with Gasteiger partial charge in [-0.3, -0.25) is 4.84 Å². The highest BCUT2D eigenvalue weighted by atomic mass is 16.7. The number of benzene rings is 1. The van der Waals surface area contributed by atoms with Gasteiger partial charge >= 0.3 is 0 Å². The van der Waals surface area contributed by atoms with Crippen LogP contribution in [0, 0.1) is 6.92 Å². The number of hydroxylamine groups is 2. The molecule has 1 aromatic carbocycles. The monoisotopic (exact) mass is 371 g/mol. The van der Waals surface area contributed by atoms with Crippen LogP contribution in [0.5, 0.6) is 0 Å². The van der Waals surface area contributed by atoms with Gasteiger partial charge in [-0.2, -0.15) is 5.06 Å². The summed E-state index contributed by atoms with van der Waals surface area (Å²) in [6.07, 6.45) is 6.17. The second-order valence-electron chi connectivity index (χ2n) is 9.89. The number of hydrogen-bond donors (Lipinski definition) is 0. The summed E-state index contributed by atoms with van der Waals surface area (Å²) in [5.41, 5.74) is 7.45. The fourth-order valence-corrected chi connectivity index (χ4v) is 4.06. The number of aryl methyl sites for hydroxylation is 1. The fraction of sp³-hybridized carbons (Fsp3) is 0.680. The van der Waals surface area contributed by atoms with Crippen LogP contribution in [0.4, 0.5) is 0 Å². The lowest BCUT2D eigenvalue weighted by Crippen LogP contribution is -2.34. The molecule has 0 bridgehead atoms. The van der Waals surface area contributed by atoms with E-state index in [-0.39, 0.29) is 10.8 Å². The zero-order valence-corrected chi connectivity index (χ0v) is 18.9. The second kappa shape index (κ2) is 8.92. The van der Waals surface area contributed by atoms with E-state index in [9.17, 15) is 0 Å².